The van der Waals surface area contributed by atoms with Crippen molar-refractivity contribution in [2.45, 2.75) is 25.4 Å². The lowest BCUT2D eigenvalue weighted by molar-refractivity contribution is 0.206. The summed E-state index contributed by atoms with van der Waals surface area (Å²) in [5.74, 6) is 0. The van der Waals surface area contributed by atoms with Gasteiger partial charge in [0.15, 0.2) is 0 Å². The lowest BCUT2D eigenvalue weighted by atomic mass is 10.1. The fourth-order valence-corrected chi connectivity index (χ4v) is 3.05. The molecular formula is C21H21ClN4O. The first-order chi connectivity index (χ1) is 13.1. The molecule has 6 heteroatoms. The number of halogens is 1. The summed E-state index contributed by atoms with van der Waals surface area (Å²) >= 11 is 6.03. The molecule has 2 aromatic carbocycles. The summed E-state index contributed by atoms with van der Waals surface area (Å²) in [7, 11) is 1.81. The summed E-state index contributed by atoms with van der Waals surface area (Å²) in [4.78, 5) is 14.0. The highest BCUT2D eigenvalue weighted by Crippen LogP contribution is 2.26. The molecule has 0 aliphatic heterocycles. The minimum atomic E-state index is -0.0491. The number of carbonyl (C=O) groups excluding carboxylic acids is 1. The van der Waals surface area contributed by atoms with Crippen LogP contribution in [0.2, 0.25) is 5.02 Å². The lowest BCUT2D eigenvalue weighted by Gasteiger charge is -2.17. The predicted molar refractivity (Wildman–Crippen MR) is 107 cm³/mol. The minimum absolute atomic E-state index is 0.0491. The predicted octanol–water partition coefficient (Wildman–Crippen LogP) is 4.50. The standard InChI is InChI=1S/C21H21ClN4O/c1-25(21(27)23-18-11-12-18)13-16-14-26(19-5-3-2-4-6-19)24-20(16)15-7-9-17(22)10-8-15/h2-10,14,18H,11-13H2,1H3,(H,23,27). The smallest absolute Gasteiger partial charge is 0.317 e. The van der Waals surface area contributed by atoms with Crippen LogP contribution < -0.4 is 5.32 Å². The van der Waals surface area contributed by atoms with Crippen molar-refractivity contribution in [3.63, 3.8) is 0 Å². The second-order valence-electron chi connectivity index (χ2n) is 6.87. The molecule has 4 rings (SSSR count). The number of amides is 2. The maximum absolute atomic E-state index is 12.3. The van der Waals surface area contributed by atoms with Crippen LogP contribution >= 0.6 is 11.6 Å². The van der Waals surface area contributed by atoms with E-state index in [9.17, 15) is 4.79 Å². The Kier molecular flexibility index (Phi) is 4.86. The molecule has 0 spiro atoms. The van der Waals surface area contributed by atoms with Crippen LogP contribution in [0.4, 0.5) is 4.79 Å². The fourth-order valence-electron chi connectivity index (χ4n) is 2.93. The molecule has 5 nitrogen and oxygen atoms in total. The largest absolute Gasteiger partial charge is 0.335 e. The second kappa shape index (κ2) is 7.45. The van der Waals surface area contributed by atoms with Crippen LogP contribution in [-0.2, 0) is 6.54 Å². The van der Waals surface area contributed by atoms with Gasteiger partial charge in [0.25, 0.3) is 0 Å². The lowest BCUT2D eigenvalue weighted by Crippen LogP contribution is -2.37. The Morgan fingerprint density at radius 3 is 2.56 bits per heavy atom. The molecule has 0 saturated heterocycles. The Labute approximate surface area is 163 Å². The van der Waals surface area contributed by atoms with Crippen molar-refractivity contribution in [2.75, 3.05) is 7.05 Å². The summed E-state index contributed by atoms with van der Waals surface area (Å²) in [6.07, 6.45) is 4.13. The van der Waals surface area contributed by atoms with Crippen LogP contribution in [0.5, 0.6) is 0 Å². The van der Waals surface area contributed by atoms with E-state index in [0.717, 1.165) is 35.3 Å². The Bertz CT molecular complexity index is 933. The molecule has 0 atom stereocenters. The highest BCUT2D eigenvalue weighted by Gasteiger charge is 2.25. The molecule has 1 saturated carbocycles. The van der Waals surface area contributed by atoms with Gasteiger partial charge < -0.3 is 10.2 Å². The van der Waals surface area contributed by atoms with Gasteiger partial charge in [-0.05, 0) is 37.1 Å². The number of para-hydroxylation sites is 1. The average Bonchev–Trinajstić information content (AvgIpc) is 3.40. The molecule has 1 fully saturated rings. The van der Waals surface area contributed by atoms with Crippen LogP contribution in [0.1, 0.15) is 18.4 Å². The van der Waals surface area contributed by atoms with Crippen LogP contribution in [0, 0.1) is 0 Å². The van der Waals surface area contributed by atoms with Crippen molar-refractivity contribution >= 4 is 17.6 Å². The maximum Gasteiger partial charge on any atom is 0.317 e. The Morgan fingerprint density at radius 2 is 1.89 bits per heavy atom. The molecule has 27 heavy (non-hydrogen) atoms. The molecule has 2 amide bonds. The van der Waals surface area contributed by atoms with E-state index in [1.165, 1.54) is 0 Å². The molecule has 1 aliphatic carbocycles. The van der Waals surface area contributed by atoms with Crippen LogP contribution in [-0.4, -0.2) is 33.8 Å². The third-order valence-corrected chi connectivity index (χ3v) is 4.84. The van der Waals surface area contributed by atoms with Crippen molar-refractivity contribution in [1.29, 1.82) is 0 Å². The van der Waals surface area contributed by atoms with Gasteiger partial charge in [0.2, 0.25) is 0 Å². The average molecular weight is 381 g/mol. The minimum Gasteiger partial charge on any atom is -0.335 e. The molecule has 0 bridgehead atoms. The van der Waals surface area contributed by atoms with Gasteiger partial charge in [0.05, 0.1) is 17.9 Å². The molecular weight excluding hydrogens is 360 g/mol. The van der Waals surface area contributed by atoms with E-state index in [-0.39, 0.29) is 6.03 Å². The van der Waals surface area contributed by atoms with E-state index in [1.807, 2.05) is 72.5 Å². The van der Waals surface area contributed by atoms with Crippen LogP contribution in [0.25, 0.3) is 16.9 Å². The van der Waals surface area contributed by atoms with Crippen molar-refractivity contribution in [1.82, 2.24) is 20.0 Å². The summed E-state index contributed by atoms with van der Waals surface area (Å²) in [6.45, 7) is 0.476. The quantitative estimate of drug-likeness (QED) is 0.708. The molecule has 1 heterocycles. The summed E-state index contributed by atoms with van der Waals surface area (Å²) in [5, 5.41) is 8.49. The first-order valence-electron chi connectivity index (χ1n) is 9.02. The highest BCUT2D eigenvalue weighted by atomic mass is 35.5. The van der Waals surface area contributed by atoms with Gasteiger partial charge in [0, 0.05) is 35.4 Å². The van der Waals surface area contributed by atoms with Crippen molar-refractivity contribution in [3.8, 4) is 16.9 Å². The van der Waals surface area contributed by atoms with Gasteiger partial charge in [-0.15, -0.1) is 0 Å². The molecule has 0 unspecified atom stereocenters. The number of nitrogens with one attached hydrogen (secondary N) is 1. The van der Waals surface area contributed by atoms with Gasteiger partial charge in [-0.3, -0.25) is 0 Å². The third-order valence-electron chi connectivity index (χ3n) is 4.59. The number of hydrogen-bond donors (Lipinski definition) is 1. The number of aromatic nitrogens is 2. The summed E-state index contributed by atoms with van der Waals surface area (Å²) in [6, 6.07) is 17.8. The van der Waals surface area contributed by atoms with Gasteiger partial charge in [-0.1, -0.05) is 41.9 Å². The molecule has 3 aromatic rings. The number of urea groups is 1. The van der Waals surface area contributed by atoms with Crippen molar-refractivity contribution in [2.24, 2.45) is 0 Å². The number of carbonyl (C=O) groups is 1. The van der Waals surface area contributed by atoms with Gasteiger partial charge in [-0.2, -0.15) is 5.10 Å². The monoisotopic (exact) mass is 380 g/mol. The summed E-state index contributed by atoms with van der Waals surface area (Å²) in [5.41, 5.74) is 3.78. The van der Waals surface area contributed by atoms with E-state index in [1.54, 1.807) is 4.90 Å². The second-order valence-corrected chi connectivity index (χ2v) is 7.31. The van der Waals surface area contributed by atoms with E-state index < -0.39 is 0 Å². The van der Waals surface area contributed by atoms with E-state index >= 15 is 0 Å². The fraction of sp³-hybridized carbons (Fsp3) is 0.238. The molecule has 1 N–H and O–H groups in total. The first-order valence-corrected chi connectivity index (χ1v) is 9.39. The Balaban J connectivity index is 1.66. The van der Waals surface area contributed by atoms with Crippen LogP contribution in [0.3, 0.4) is 0 Å². The van der Waals surface area contributed by atoms with Crippen molar-refractivity contribution < 1.29 is 4.79 Å². The number of hydrogen-bond acceptors (Lipinski definition) is 2. The SMILES string of the molecule is CN(Cc1cn(-c2ccccc2)nc1-c1ccc(Cl)cc1)C(=O)NC1CC1. The number of nitrogens with zero attached hydrogens (tertiary/aromatic N) is 3. The zero-order valence-electron chi connectivity index (χ0n) is 15.1. The zero-order valence-corrected chi connectivity index (χ0v) is 15.9. The van der Waals surface area contributed by atoms with Gasteiger partial charge in [-0.25, -0.2) is 9.48 Å². The molecule has 0 radical (unpaired) electrons. The van der Waals surface area contributed by atoms with E-state index in [2.05, 4.69) is 5.32 Å². The normalized spacial score (nSPS) is 13.4. The van der Waals surface area contributed by atoms with Crippen LogP contribution in [0.15, 0.2) is 60.8 Å². The maximum atomic E-state index is 12.3. The number of benzene rings is 2. The van der Waals surface area contributed by atoms with Gasteiger partial charge >= 0.3 is 6.03 Å². The van der Waals surface area contributed by atoms with Crippen molar-refractivity contribution in [3.05, 3.63) is 71.4 Å². The van der Waals surface area contributed by atoms with E-state index in [4.69, 9.17) is 16.7 Å². The zero-order chi connectivity index (χ0) is 18.8. The molecule has 1 aromatic heterocycles. The number of rotatable bonds is 5. The topological polar surface area (TPSA) is 50.2 Å². The Morgan fingerprint density at radius 1 is 1.19 bits per heavy atom. The third kappa shape index (κ3) is 4.14. The van der Waals surface area contributed by atoms with E-state index in [0.29, 0.717) is 17.6 Å². The summed E-state index contributed by atoms with van der Waals surface area (Å²) < 4.78 is 1.85. The highest BCUT2D eigenvalue weighted by molar-refractivity contribution is 6.30. The molecule has 1 aliphatic rings. The first kappa shape index (κ1) is 17.6. The molecule has 138 valence electrons. The van der Waals surface area contributed by atoms with Gasteiger partial charge in [0.1, 0.15) is 0 Å². The Hall–Kier alpha value is -2.79.